The molecule has 0 aliphatic heterocycles. The van der Waals surface area contributed by atoms with Gasteiger partial charge >= 0.3 is 0 Å². The zero-order chi connectivity index (χ0) is 34.4. The van der Waals surface area contributed by atoms with Crippen LogP contribution in [0.2, 0.25) is 0 Å². The van der Waals surface area contributed by atoms with Crippen LogP contribution in [0.1, 0.15) is 17.2 Å². The van der Waals surface area contributed by atoms with Crippen LogP contribution in [0.4, 0.5) is 5.69 Å². The number of aromatic nitrogens is 1. The number of hydrogen-bond acceptors (Lipinski definition) is 1. The largest absolute Gasteiger partial charge is 0.346 e. The predicted octanol–water partition coefficient (Wildman–Crippen LogP) is 11.4. The first-order valence-corrected chi connectivity index (χ1v) is 17.0. The van der Waals surface area contributed by atoms with Gasteiger partial charge in [-0.1, -0.05) is 145 Å². The minimum absolute atomic E-state index is 0.461. The fourth-order valence-electron chi connectivity index (χ4n) is 6.61. The van der Waals surface area contributed by atoms with Crippen LogP contribution in [0, 0.1) is 12.3 Å². The first-order chi connectivity index (χ1) is 25.3. The van der Waals surface area contributed by atoms with E-state index in [0.29, 0.717) is 5.84 Å². The average molecular weight is 655 g/mol. The summed E-state index contributed by atoms with van der Waals surface area (Å²) in [6, 6.07) is 62.2. The van der Waals surface area contributed by atoms with E-state index in [1.807, 2.05) is 66.7 Å². The van der Waals surface area contributed by atoms with E-state index in [9.17, 15) is 0 Å². The monoisotopic (exact) mass is 654 g/mol. The lowest BCUT2D eigenvalue weighted by molar-refractivity contribution is 0.943. The molecule has 1 aromatic heterocycles. The molecule has 0 saturated heterocycles. The highest BCUT2D eigenvalue weighted by Crippen LogP contribution is 2.37. The second-order valence-electron chi connectivity index (χ2n) is 12.2. The summed E-state index contributed by atoms with van der Waals surface area (Å²) in [5.74, 6) is 3.38. The summed E-state index contributed by atoms with van der Waals surface area (Å²) in [4.78, 5) is 9.73. The first kappa shape index (κ1) is 31.3. The van der Waals surface area contributed by atoms with Crippen molar-refractivity contribution in [3.8, 4) is 40.3 Å². The van der Waals surface area contributed by atoms with E-state index >= 15 is 0 Å². The molecule has 51 heavy (non-hydrogen) atoms. The van der Waals surface area contributed by atoms with Crippen LogP contribution in [0.3, 0.4) is 0 Å². The van der Waals surface area contributed by atoms with Crippen molar-refractivity contribution in [3.63, 3.8) is 0 Å². The lowest BCUT2D eigenvalue weighted by Gasteiger charge is -2.13. The van der Waals surface area contributed by atoms with Gasteiger partial charge in [-0.25, -0.2) is 9.98 Å². The molecule has 0 fully saturated rings. The van der Waals surface area contributed by atoms with Gasteiger partial charge in [-0.3, -0.25) is 0 Å². The molecular weight excluding hydrogens is 621 g/mol. The van der Waals surface area contributed by atoms with E-state index in [1.54, 1.807) is 6.34 Å². The fraction of sp³-hybridized carbons (Fsp3) is 0.0213. The van der Waals surface area contributed by atoms with Crippen molar-refractivity contribution in [1.82, 2.24) is 4.57 Å². The Hall–Kier alpha value is -6.96. The van der Waals surface area contributed by atoms with Crippen LogP contribution < -0.4 is 5.32 Å². The molecule has 1 heterocycles. The Morgan fingerprint density at radius 1 is 0.588 bits per heavy atom. The molecule has 1 unspecified atom stereocenters. The number of aliphatic imine (C=N–C) groups is 2. The average Bonchev–Trinajstić information content (AvgIpc) is 3.54. The Labute approximate surface area is 298 Å². The smallest absolute Gasteiger partial charge is 0.157 e. The number of fused-ring (bicyclic) bond motifs is 3. The molecule has 0 aliphatic rings. The molecule has 0 amide bonds. The standard InChI is InChI=1S/C47H34N4/c1-2-43(35-19-9-4-10-20-35)50-47(36-21-11-5-12-22-36)49-33-48-44-29-27-37(31-41(44)34-17-7-3-8-18-34)38-28-30-46-42(32-38)40-25-15-16-26-45(40)51(46)39-23-13-6-14-24-39/h1,3-33,43H,(H,48,49,50). The van der Waals surface area contributed by atoms with E-state index in [0.717, 1.165) is 44.8 Å². The van der Waals surface area contributed by atoms with Crippen LogP contribution in [0.15, 0.2) is 192 Å². The summed E-state index contributed by atoms with van der Waals surface area (Å²) in [6.07, 6.45) is 7.66. The van der Waals surface area contributed by atoms with Gasteiger partial charge in [-0.2, -0.15) is 0 Å². The number of amidine groups is 1. The lowest BCUT2D eigenvalue weighted by Crippen LogP contribution is -2.05. The van der Waals surface area contributed by atoms with E-state index < -0.39 is 6.04 Å². The topological polar surface area (TPSA) is 41.7 Å². The summed E-state index contributed by atoms with van der Waals surface area (Å²) in [7, 11) is 0. The second-order valence-corrected chi connectivity index (χ2v) is 12.2. The molecule has 4 nitrogen and oxygen atoms in total. The van der Waals surface area contributed by atoms with Gasteiger partial charge in [-0.15, -0.1) is 6.42 Å². The van der Waals surface area contributed by atoms with Crippen LogP contribution in [-0.4, -0.2) is 16.7 Å². The normalized spacial score (nSPS) is 12.3. The third-order valence-electron chi connectivity index (χ3n) is 9.09. The van der Waals surface area contributed by atoms with Crippen molar-refractivity contribution in [2.24, 2.45) is 9.98 Å². The molecule has 8 rings (SSSR count). The Morgan fingerprint density at radius 3 is 1.94 bits per heavy atom. The van der Waals surface area contributed by atoms with Crippen molar-refractivity contribution in [1.29, 1.82) is 0 Å². The van der Waals surface area contributed by atoms with E-state index in [1.165, 1.54) is 21.8 Å². The second kappa shape index (κ2) is 14.3. The molecule has 4 heteroatoms. The molecule has 1 atom stereocenters. The number of nitrogens with one attached hydrogen (secondary N) is 1. The highest BCUT2D eigenvalue weighted by molar-refractivity contribution is 6.10. The van der Waals surface area contributed by atoms with Gasteiger partial charge in [0.05, 0.1) is 17.4 Å². The highest BCUT2D eigenvalue weighted by atomic mass is 15.0. The third kappa shape index (κ3) is 6.45. The minimum Gasteiger partial charge on any atom is -0.346 e. The van der Waals surface area contributed by atoms with Crippen molar-refractivity contribution < 1.29 is 0 Å². The summed E-state index contributed by atoms with van der Waals surface area (Å²) in [5.41, 5.74) is 10.7. The molecule has 242 valence electrons. The maximum Gasteiger partial charge on any atom is 0.157 e. The van der Waals surface area contributed by atoms with Gasteiger partial charge in [0.1, 0.15) is 6.04 Å². The Balaban J connectivity index is 1.17. The van der Waals surface area contributed by atoms with Gasteiger partial charge < -0.3 is 9.88 Å². The van der Waals surface area contributed by atoms with Crippen molar-refractivity contribution >= 4 is 39.7 Å². The third-order valence-corrected chi connectivity index (χ3v) is 9.09. The van der Waals surface area contributed by atoms with Crippen molar-refractivity contribution in [3.05, 3.63) is 193 Å². The number of para-hydroxylation sites is 2. The van der Waals surface area contributed by atoms with Crippen LogP contribution in [0.5, 0.6) is 0 Å². The number of benzene rings is 7. The van der Waals surface area contributed by atoms with E-state index in [4.69, 9.17) is 16.4 Å². The number of nitrogens with zero attached hydrogens (tertiary/aromatic N) is 3. The summed E-state index contributed by atoms with van der Waals surface area (Å²) in [5, 5.41) is 5.92. The Kier molecular flexibility index (Phi) is 8.76. The number of anilines is 1. The molecule has 0 bridgehead atoms. The van der Waals surface area contributed by atoms with Crippen LogP contribution in [-0.2, 0) is 0 Å². The molecule has 7 aromatic carbocycles. The number of rotatable bonds is 8. The van der Waals surface area contributed by atoms with Gasteiger partial charge in [0.2, 0.25) is 0 Å². The van der Waals surface area contributed by atoms with Crippen LogP contribution in [0.25, 0.3) is 49.7 Å². The SMILES string of the molecule is C#CC(/N=C(\N=C\Nc1ccc(-c2ccc3c(c2)c2ccccc2n3-c2ccccc2)cc1-c1ccccc1)c1ccccc1)c1ccccc1. The minimum atomic E-state index is -0.461. The molecule has 8 aromatic rings. The van der Waals surface area contributed by atoms with E-state index in [2.05, 4.69) is 131 Å². The molecular formula is C47H34N4. The van der Waals surface area contributed by atoms with Crippen molar-refractivity contribution in [2.45, 2.75) is 6.04 Å². The molecule has 1 N–H and O–H groups in total. The molecule has 0 saturated carbocycles. The Morgan fingerprint density at radius 2 is 1.20 bits per heavy atom. The molecule has 0 spiro atoms. The number of hydrogen-bond donors (Lipinski definition) is 1. The maximum absolute atomic E-state index is 5.96. The molecule has 0 aliphatic carbocycles. The zero-order valence-corrected chi connectivity index (χ0v) is 27.9. The van der Waals surface area contributed by atoms with Gasteiger partial charge in [0.15, 0.2) is 5.84 Å². The van der Waals surface area contributed by atoms with Crippen LogP contribution >= 0.6 is 0 Å². The summed E-state index contributed by atoms with van der Waals surface area (Å²) < 4.78 is 2.34. The fourth-order valence-corrected chi connectivity index (χ4v) is 6.61. The zero-order valence-electron chi connectivity index (χ0n) is 27.9. The van der Waals surface area contributed by atoms with E-state index in [-0.39, 0.29) is 0 Å². The lowest BCUT2D eigenvalue weighted by atomic mass is 9.96. The van der Waals surface area contributed by atoms with Gasteiger partial charge in [-0.05, 0) is 64.7 Å². The molecule has 0 radical (unpaired) electrons. The van der Waals surface area contributed by atoms with Gasteiger partial charge in [0.25, 0.3) is 0 Å². The van der Waals surface area contributed by atoms with Crippen molar-refractivity contribution in [2.75, 3.05) is 5.32 Å². The predicted molar refractivity (Wildman–Crippen MR) is 215 cm³/mol. The maximum atomic E-state index is 5.96. The Bertz CT molecular complexity index is 2540. The van der Waals surface area contributed by atoms with Gasteiger partial charge in [0, 0.05) is 33.3 Å². The summed E-state index contributed by atoms with van der Waals surface area (Å²) in [6.45, 7) is 0. The number of terminal acetylenes is 1. The first-order valence-electron chi connectivity index (χ1n) is 17.0. The quantitative estimate of drug-likeness (QED) is 0.0989. The highest BCUT2D eigenvalue weighted by Gasteiger charge is 2.15. The summed E-state index contributed by atoms with van der Waals surface area (Å²) >= 11 is 0.